The largest absolute Gasteiger partial charge is 0.497 e. The van der Waals surface area contributed by atoms with Crippen molar-refractivity contribution in [3.63, 3.8) is 0 Å². The maximum atomic E-state index is 14.6. The maximum Gasteiger partial charge on any atom is 0.412 e. The Balaban J connectivity index is 1.41. The number of rotatable bonds is 14. The first-order valence-corrected chi connectivity index (χ1v) is 20.5. The van der Waals surface area contributed by atoms with Gasteiger partial charge in [0.05, 0.1) is 24.2 Å². The molecule has 0 spiro atoms. The molecule has 4 aromatic carbocycles. The number of benzene rings is 4. The summed E-state index contributed by atoms with van der Waals surface area (Å²) in [6.45, 7) is 12.7. The quantitative estimate of drug-likeness (QED) is 0.0985. The molecule has 0 aromatic heterocycles. The molecule has 1 saturated heterocycles. The second-order valence-corrected chi connectivity index (χ2v) is 18.0. The lowest BCUT2D eigenvalue weighted by atomic mass is 9.98. The van der Waals surface area contributed by atoms with Gasteiger partial charge in [-0.3, -0.25) is 15.0 Å². The number of hydrogen-bond acceptors (Lipinski definition) is 9. The van der Waals surface area contributed by atoms with Crippen LogP contribution in [-0.2, 0) is 32.5 Å². The van der Waals surface area contributed by atoms with Crippen molar-refractivity contribution < 1.29 is 45.7 Å². The van der Waals surface area contributed by atoms with Gasteiger partial charge in [-0.25, -0.2) is 22.0 Å². The Labute approximate surface area is 344 Å². The molecule has 12 nitrogen and oxygen atoms in total. The fraction of sp³-hybridized carbons (Fsp3) is 0.386. The van der Waals surface area contributed by atoms with Crippen LogP contribution in [0.3, 0.4) is 0 Å². The van der Waals surface area contributed by atoms with E-state index < -0.39 is 57.1 Å². The number of nitrogens with one attached hydrogen (secondary N) is 1. The summed E-state index contributed by atoms with van der Waals surface area (Å²) in [6.07, 6.45) is 0.511. The van der Waals surface area contributed by atoms with Gasteiger partial charge in [-0.1, -0.05) is 38.1 Å². The summed E-state index contributed by atoms with van der Waals surface area (Å²) in [6, 6.07) is 20.3. The highest BCUT2D eigenvalue weighted by molar-refractivity contribution is 7.89. The molecule has 1 aliphatic heterocycles. The SMILES string of the molecule is COc1ccc(S(=O)(=O)N(CC(C)C)C[C@H]2OC(C)(C)N(C(=O)OC(C)(C)C)[C@H]2Cc2ccc(OCc3ccc(-c4ccc(F)cc4F)cc3C(=O)NC#N)cc2)cc1. The maximum absolute atomic E-state index is 14.6. The molecule has 5 rings (SSSR count). The van der Waals surface area contributed by atoms with Crippen LogP contribution in [0.1, 0.15) is 70.0 Å². The van der Waals surface area contributed by atoms with Crippen LogP contribution in [0.4, 0.5) is 13.6 Å². The molecular formula is C44H50F2N4O8S. The molecule has 0 bridgehead atoms. The number of nitriles is 1. The molecule has 0 aliphatic carbocycles. The second kappa shape index (κ2) is 18.1. The van der Waals surface area contributed by atoms with E-state index in [0.717, 1.165) is 17.7 Å². The van der Waals surface area contributed by atoms with Crippen LogP contribution in [0.25, 0.3) is 11.1 Å². The first kappa shape index (κ1) is 44.5. The predicted octanol–water partition coefficient (Wildman–Crippen LogP) is 8.06. The van der Waals surface area contributed by atoms with Gasteiger partial charge in [0.2, 0.25) is 10.0 Å². The number of carbonyl (C=O) groups is 2. The Hall–Kier alpha value is -5.56. The molecular weight excluding hydrogens is 783 g/mol. The minimum atomic E-state index is -4.00. The molecule has 1 N–H and O–H groups in total. The molecule has 2 amide bonds. The van der Waals surface area contributed by atoms with Crippen molar-refractivity contribution in [1.82, 2.24) is 14.5 Å². The summed E-state index contributed by atoms with van der Waals surface area (Å²) in [4.78, 5) is 28.4. The lowest BCUT2D eigenvalue weighted by molar-refractivity contribution is -0.0807. The van der Waals surface area contributed by atoms with Crippen LogP contribution in [0.2, 0.25) is 0 Å². The van der Waals surface area contributed by atoms with Crippen LogP contribution in [0, 0.1) is 29.0 Å². The highest BCUT2D eigenvalue weighted by atomic mass is 32.2. The van der Waals surface area contributed by atoms with Gasteiger partial charge in [-0.15, -0.1) is 0 Å². The van der Waals surface area contributed by atoms with E-state index in [0.29, 0.717) is 22.6 Å². The highest BCUT2D eigenvalue weighted by Gasteiger charge is 2.52. The topological polar surface area (TPSA) is 148 Å². The van der Waals surface area contributed by atoms with Gasteiger partial charge in [0.15, 0.2) is 6.19 Å². The van der Waals surface area contributed by atoms with Crippen molar-refractivity contribution >= 4 is 22.0 Å². The van der Waals surface area contributed by atoms with Gasteiger partial charge in [0.1, 0.15) is 41.1 Å². The van der Waals surface area contributed by atoms with Gasteiger partial charge >= 0.3 is 6.09 Å². The molecule has 0 saturated carbocycles. The predicted molar refractivity (Wildman–Crippen MR) is 217 cm³/mol. The Morgan fingerprint density at radius 1 is 0.983 bits per heavy atom. The summed E-state index contributed by atoms with van der Waals surface area (Å²) in [7, 11) is -2.50. The van der Waals surface area contributed by atoms with Crippen molar-refractivity contribution in [2.24, 2.45) is 5.92 Å². The van der Waals surface area contributed by atoms with E-state index in [-0.39, 0.29) is 48.1 Å². The summed E-state index contributed by atoms with van der Waals surface area (Å²) >= 11 is 0. The van der Waals surface area contributed by atoms with Gasteiger partial charge in [0, 0.05) is 35.8 Å². The fourth-order valence-corrected chi connectivity index (χ4v) is 8.56. The monoisotopic (exact) mass is 832 g/mol. The van der Waals surface area contributed by atoms with Crippen molar-refractivity contribution in [3.8, 4) is 28.8 Å². The molecule has 314 valence electrons. The van der Waals surface area contributed by atoms with E-state index in [9.17, 15) is 26.8 Å². The van der Waals surface area contributed by atoms with E-state index in [2.05, 4.69) is 5.32 Å². The number of amides is 2. The second-order valence-electron chi connectivity index (χ2n) is 16.1. The third-order valence-corrected chi connectivity index (χ3v) is 11.4. The third-order valence-electron chi connectivity index (χ3n) is 9.55. The summed E-state index contributed by atoms with van der Waals surface area (Å²) in [5, 5.41) is 11.2. The number of carbonyl (C=O) groups excluding carboxylic acids is 2. The number of hydrogen-bond donors (Lipinski definition) is 1. The molecule has 4 aromatic rings. The van der Waals surface area contributed by atoms with E-state index in [4.69, 9.17) is 24.2 Å². The minimum Gasteiger partial charge on any atom is -0.497 e. The standard InChI is InChI=1S/C44H50F2N4O8S/c1-28(2)24-49(59(53,54)35-18-16-33(55-8)17-19-35)25-40-39(50(44(6,7)57-40)42(52)58-43(3,4)5)21-29-9-14-34(15-10-29)56-26-31-12-11-30(22-37(31)41(51)48-27-47)36-20-13-32(45)23-38(36)46/h9-20,22-23,28,39-40H,21,24-26H2,1-8H3,(H,48,51)/t39-,40+/m0/s1. The first-order valence-electron chi connectivity index (χ1n) is 19.1. The fourth-order valence-electron chi connectivity index (χ4n) is 6.94. The summed E-state index contributed by atoms with van der Waals surface area (Å²) < 4.78 is 81.5. The zero-order valence-electron chi connectivity index (χ0n) is 34.4. The van der Waals surface area contributed by atoms with Crippen LogP contribution in [0.15, 0.2) is 89.8 Å². The van der Waals surface area contributed by atoms with Gasteiger partial charge in [-0.2, -0.15) is 9.57 Å². The minimum absolute atomic E-state index is 0.0297. The van der Waals surface area contributed by atoms with Crippen molar-refractivity contribution in [3.05, 3.63) is 113 Å². The Kier molecular flexibility index (Phi) is 13.7. The lowest BCUT2D eigenvalue weighted by Gasteiger charge is -2.35. The molecule has 1 fully saturated rings. The number of halogens is 2. The molecule has 0 radical (unpaired) electrons. The average Bonchev–Trinajstić information content (AvgIpc) is 3.41. The normalized spacial score (nSPS) is 16.5. The zero-order chi connectivity index (χ0) is 43.3. The van der Waals surface area contributed by atoms with Crippen LogP contribution in [-0.4, -0.2) is 73.3 Å². The molecule has 0 unspecified atom stereocenters. The summed E-state index contributed by atoms with van der Waals surface area (Å²) in [5.41, 5.74) is -0.329. The van der Waals surface area contributed by atoms with Crippen LogP contribution >= 0.6 is 0 Å². The van der Waals surface area contributed by atoms with Crippen molar-refractivity contribution in [2.75, 3.05) is 20.2 Å². The van der Waals surface area contributed by atoms with Crippen LogP contribution < -0.4 is 14.8 Å². The average molecular weight is 833 g/mol. The van der Waals surface area contributed by atoms with Crippen LogP contribution in [0.5, 0.6) is 11.5 Å². The Bertz CT molecular complexity index is 2290. The van der Waals surface area contributed by atoms with Gasteiger partial charge in [0.25, 0.3) is 5.91 Å². The van der Waals surface area contributed by atoms with Gasteiger partial charge < -0.3 is 18.9 Å². The highest BCUT2D eigenvalue weighted by Crippen LogP contribution is 2.37. The lowest BCUT2D eigenvalue weighted by Crippen LogP contribution is -2.52. The third kappa shape index (κ3) is 10.9. The Morgan fingerprint density at radius 2 is 1.64 bits per heavy atom. The van der Waals surface area contributed by atoms with Gasteiger partial charge in [-0.05, 0) is 113 Å². The van der Waals surface area contributed by atoms with E-state index >= 15 is 0 Å². The molecule has 1 aliphatic rings. The molecule has 1 heterocycles. The van der Waals surface area contributed by atoms with E-state index in [1.165, 1.54) is 40.6 Å². The summed E-state index contributed by atoms with van der Waals surface area (Å²) in [5.74, 6) is -1.34. The number of methoxy groups -OCH3 is 1. The van der Waals surface area contributed by atoms with E-state index in [1.807, 2.05) is 26.0 Å². The Morgan fingerprint density at radius 3 is 2.24 bits per heavy atom. The van der Waals surface area contributed by atoms with Crippen molar-refractivity contribution in [1.29, 1.82) is 5.26 Å². The number of nitrogens with zero attached hydrogens (tertiary/aromatic N) is 3. The molecule has 15 heteroatoms. The first-order chi connectivity index (χ1) is 27.7. The molecule has 59 heavy (non-hydrogen) atoms. The molecule has 2 atom stereocenters. The number of sulfonamides is 1. The van der Waals surface area contributed by atoms with E-state index in [1.54, 1.807) is 77.2 Å². The smallest absolute Gasteiger partial charge is 0.412 e. The number of ether oxygens (including phenoxy) is 4. The zero-order valence-corrected chi connectivity index (χ0v) is 35.2. The van der Waals surface area contributed by atoms with Crippen molar-refractivity contribution in [2.45, 2.75) is 89.9 Å².